The first kappa shape index (κ1) is 8.41. The smallest absolute Gasteiger partial charge is 0.308 e. The van der Waals surface area contributed by atoms with Gasteiger partial charge in [-0.1, -0.05) is 30.3 Å². The molecule has 0 saturated carbocycles. The zero-order chi connectivity index (χ0) is 8.27. The average molecular weight is 169 g/mol. The van der Waals surface area contributed by atoms with Crippen molar-refractivity contribution in [2.75, 3.05) is 0 Å². The maximum absolute atomic E-state index is 9.20. The summed E-state index contributed by atoms with van der Waals surface area (Å²) in [6.07, 6.45) is 0. The first-order valence-corrected chi connectivity index (χ1v) is 4.71. The van der Waals surface area contributed by atoms with Crippen LogP contribution in [0.1, 0.15) is 0 Å². The quantitative estimate of drug-likeness (QED) is 0.382. The highest BCUT2D eigenvalue weighted by Crippen LogP contribution is 1.88. The van der Waals surface area contributed by atoms with E-state index in [0.29, 0.717) is 5.19 Å². The molecule has 0 atom stereocenters. The molecule has 11 heavy (non-hydrogen) atoms. The van der Waals surface area contributed by atoms with E-state index in [1.54, 1.807) is 24.3 Å². The lowest BCUT2D eigenvalue weighted by molar-refractivity contribution is 0.0173. The normalized spacial score (nSPS) is 11.0. The standard InChI is InChI=1S/C7H9O3Si/c8-7(9)11(10)6-4-2-1-3-5-6/h1-5,7-10H. The fraction of sp³-hybridized carbons (Fsp3) is 0.143. The van der Waals surface area contributed by atoms with Crippen LogP contribution in [-0.2, 0) is 0 Å². The number of aliphatic hydroxyl groups excluding tert-OH is 1. The second-order valence-corrected chi connectivity index (χ2v) is 3.99. The predicted molar refractivity (Wildman–Crippen MR) is 42.3 cm³/mol. The Morgan fingerprint density at radius 3 is 2.09 bits per heavy atom. The summed E-state index contributed by atoms with van der Waals surface area (Å²) in [7, 11) is -2.17. The summed E-state index contributed by atoms with van der Waals surface area (Å²) in [4.78, 5) is 9.20. The van der Waals surface area contributed by atoms with Crippen molar-refractivity contribution in [2.24, 2.45) is 0 Å². The first-order chi connectivity index (χ1) is 5.22. The van der Waals surface area contributed by atoms with Crippen LogP contribution in [0.25, 0.3) is 0 Å². The van der Waals surface area contributed by atoms with Crippen molar-refractivity contribution in [1.29, 1.82) is 0 Å². The van der Waals surface area contributed by atoms with Crippen LogP contribution in [0.5, 0.6) is 0 Å². The molecule has 1 radical (unpaired) electrons. The fourth-order valence-corrected chi connectivity index (χ4v) is 1.59. The summed E-state index contributed by atoms with van der Waals surface area (Å²) < 4.78 is 0. The lowest BCUT2D eigenvalue weighted by Crippen LogP contribution is -2.42. The molecule has 0 spiro atoms. The van der Waals surface area contributed by atoms with Crippen LogP contribution in [-0.4, -0.2) is 30.0 Å². The van der Waals surface area contributed by atoms with E-state index in [1.807, 2.05) is 6.07 Å². The molecule has 0 aromatic heterocycles. The van der Waals surface area contributed by atoms with E-state index in [1.165, 1.54) is 0 Å². The Balaban J connectivity index is 2.77. The Morgan fingerprint density at radius 2 is 1.64 bits per heavy atom. The van der Waals surface area contributed by atoms with Gasteiger partial charge < -0.3 is 15.0 Å². The van der Waals surface area contributed by atoms with Gasteiger partial charge in [-0.25, -0.2) is 0 Å². The predicted octanol–water partition coefficient (Wildman–Crippen LogP) is -1.27. The SMILES string of the molecule is OC(O)[Si](O)c1ccccc1. The van der Waals surface area contributed by atoms with E-state index in [9.17, 15) is 4.80 Å². The topological polar surface area (TPSA) is 60.7 Å². The molecule has 0 aliphatic rings. The number of benzene rings is 1. The van der Waals surface area contributed by atoms with Gasteiger partial charge in [0.1, 0.15) is 0 Å². The molecule has 0 unspecified atom stereocenters. The van der Waals surface area contributed by atoms with Gasteiger partial charge in [0.2, 0.25) is 0 Å². The maximum Gasteiger partial charge on any atom is 0.308 e. The molecule has 1 aromatic rings. The minimum absolute atomic E-state index is 0.604. The highest BCUT2D eigenvalue weighted by Gasteiger charge is 2.19. The molecular weight excluding hydrogens is 160 g/mol. The second kappa shape index (κ2) is 3.63. The highest BCUT2D eigenvalue weighted by molar-refractivity contribution is 6.66. The van der Waals surface area contributed by atoms with Crippen molar-refractivity contribution in [3.8, 4) is 0 Å². The largest absolute Gasteiger partial charge is 0.424 e. The summed E-state index contributed by atoms with van der Waals surface area (Å²) >= 11 is 0. The van der Waals surface area contributed by atoms with Gasteiger partial charge in [0.25, 0.3) is 0 Å². The first-order valence-electron chi connectivity index (χ1n) is 3.19. The third-order valence-electron chi connectivity index (χ3n) is 1.31. The molecule has 59 valence electrons. The van der Waals surface area contributed by atoms with Gasteiger partial charge in [-0.05, 0) is 5.19 Å². The molecule has 0 fully saturated rings. The lowest BCUT2D eigenvalue weighted by atomic mass is 10.4. The van der Waals surface area contributed by atoms with Gasteiger partial charge in [-0.2, -0.15) is 0 Å². The molecule has 1 rings (SSSR count). The van der Waals surface area contributed by atoms with E-state index < -0.39 is 15.0 Å². The summed E-state index contributed by atoms with van der Waals surface area (Å²) in [6.45, 7) is 0. The Labute approximate surface area is 66.3 Å². The van der Waals surface area contributed by atoms with Crippen LogP contribution >= 0.6 is 0 Å². The van der Waals surface area contributed by atoms with Crippen molar-refractivity contribution in [1.82, 2.24) is 0 Å². The molecule has 0 aliphatic heterocycles. The van der Waals surface area contributed by atoms with Gasteiger partial charge in [-0.3, -0.25) is 0 Å². The highest BCUT2D eigenvalue weighted by atomic mass is 28.3. The summed E-state index contributed by atoms with van der Waals surface area (Å²) in [5.41, 5.74) is 0. The van der Waals surface area contributed by atoms with Crippen molar-refractivity contribution in [3.05, 3.63) is 30.3 Å². The second-order valence-electron chi connectivity index (χ2n) is 2.12. The van der Waals surface area contributed by atoms with Crippen LogP contribution in [0.4, 0.5) is 0 Å². The number of aliphatic hydroxyl groups is 2. The van der Waals surface area contributed by atoms with Crippen molar-refractivity contribution in [2.45, 2.75) is 5.91 Å². The average Bonchev–Trinajstić information content (AvgIpc) is 2.05. The Kier molecular flexibility index (Phi) is 2.78. The van der Waals surface area contributed by atoms with Crippen molar-refractivity contribution in [3.63, 3.8) is 0 Å². The van der Waals surface area contributed by atoms with Crippen LogP contribution in [0.15, 0.2) is 30.3 Å². The van der Waals surface area contributed by atoms with Crippen molar-refractivity contribution < 1.29 is 15.0 Å². The Morgan fingerprint density at radius 1 is 1.09 bits per heavy atom. The molecule has 0 saturated heterocycles. The van der Waals surface area contributed by atoms with E-state index >= 15 is 0 Å². The summed E-state index contributed by atoms with van der Waals surface area (Å²) in [5.74, 6) is -1.61. The molecular formula is C7H9O3Si. The monoisotopic (exact) mass is 169 g/mol. The number of hydrogen-bond donors (Lipinski definition) is 3. The lowest BCUT2D eigenvalue weighted by Gasteiger charge is -2.08. The van der Waals surface area contributed by atoms with Crippen LogP contribution in [0.3, 0.4) is 0 Å². The van der Waals surface area contributed by atoms with Gasteiger partial charge >= 0.3 is 9.04 Å². The Bertz CT molecular complexity index is 212. The molecule has 0 aliphatic carbocycles. The number of hydrogen-bond acceptors (Lipinski definition) is 3. The fourth-order valence-electron chi connectivity index (χ4n) is 0.758. The minimum atomic E-state index is -2.17. The summed E-state index contributed by atoms with van der Waals surface area (Å²) in [5, 5.41) is 17.9. The molecule has 1 aromatic carbocycles. The Hall–Kier alpha value is -0.683. The van der Waals surface area contributed by atoms with E-state index in [4.69, 9.17) is 10.2 Å². The third-order valence-corrected chi connectivity index (χ3v) is 2.73. The van der Waals surface area contributed by atoms with Gasteiger partial charge in [-0.15, -0.1) is 0 Å². The minimum Gasteiger partial charge on any atom is -0.424 e. The number of rotatable bonds is 2. The van der Waals surface area contributed by atoms with E-state index in [0.717, 1.165) is 0 Å². The molecule has 3 N–H and O–H groups in total. The van der Waals surface area contributed by atoms with Crippen LogP contribution < -0.4 is 5.19 Å². The molecule has 0 amide bonds. The van der Waals surface area contributed by atoms with Gasteiger partial charge in [0.05, 0.1) is 0 Å². The third kappa shape index (κ3) is 2.13. The van der Waals surface area contributed by atoms with E-state index in [-0.39, 0.29) is 0 Å². The van der Waals surface area contributed by atoms with E-state index in [2.05, 4.69) is 0 Å². The summed E-state index contributed by atoms with van der Waals surface area (Å²) in [6, 6.07) is 8.65. The zero-order valence-electron chi connectivity index (χ0n) is 5.81. The molecule has 0 heterocycles. The zero-order valence-corrected chi connectivity index (χ0v) is 6.81. The maximum atomic E-state index is 9.20. The van der Waals surface area contributed by atoms with Gasteiger partial charge in [0, 0.05) is 0 Å². The molecule has 0 bridgehead atoms. The molecule has 3 nitrogen and oxygen atoms in total. The van der Waals surface area contributed by atoms with Crippen LogP contribution in [0.2, 0.25) is 0 Å². The molecule has 4 heteroatoms. The van der Waals surface area contributed by atoms with Crippen LogP contribution in [0, 0.1) is 0 Å². The van der Waals surface area contributed by atoms with Crippen molar-refractivity contribution >= 4 is 14.2 Å². The van der Waals surface area contributed by atoms with Gasteiger partial charge in [0.15, 0.2) is 5.91 Å².